The molecule has 3 amide bonds. The number of fused-ring (bicyclic) bond motifs is 1. The minimum atomic E-state index is -4.64. The summed E-state index contributed by atoms with van der Waals surface area (Å²) in [5.41, 5.74) is -0.547. The highest BCUT2D eigenvalue weighted by Crippen LogP contribution is 2.36. The number of nitrogens with zero attached hydrogens (tertiary/aromatic N) is 1. The standard InChI is InChI=1S/C21H16ClF3N4O3.C10H8O3S/c1-26-19(30)18-11-15(8-9-27-18)32-14-5-2-12(3-6-14)28-20(31)29-13-4-7-17(22)16(10-13)21(23,24)25;11-14(12,13)10-7-3-5-8-4-1-2-6-9(8)10/h2-11H,1H3,(H,26,30)(H2,28,29,31);1-7H,(H,11,12,13). The van der Waals surface area contributed by atoms with Gasteiger partial charge in [0.1, 0.15) is 22.1 Å². The number of ether oxygens (including phenoxy) is 1. The van der Waals surface area contributed by atoms with E-state index in [0.717, 1.165) is 17.5 Å². The van der Waals surface area contributed by atoms with Crippen LogP contribution in [0.1, 0.15) is 16.1 Å². The van der Waals surface area contributed by atoms with Crippen LogP contribution < -0.4 is 20.7 Å². The lowest BCUT2D eigenvalue weighted by atomic mass is 10.1. The second-order valence-electron chi connectivity index (χ2n) is 9.31. The number of nitrogens with one attached hydrogen (secondary N) is 3. The van der Waals surface area contributed by atoms with E-state index in [4.69, 9.17) is 20.9 Å². The number of hydrogen-bond donors (Lipinski definition) is 4. The van der Waals surface area contributed by atoms with E-state index in [1.54, 1.807) is 60.7 Å². The van der Waals surface area contributed by atoms with Crippen LogP contribution in [0.25, 0.3) is 10.8 Å². The molecule has 0 spiro atoms. The van der Waals surface area contributed by atoms with Gasteiger partial charge in [-0.2, -0.15) is 21.6 Å². The number of aromatic nitrogens is 1. The Labute approximate surface area is 265 Å². The molecule has 0 radical (unpaired) electrons. The molecule has 4 N–H and O–H groups in total. The number of pyridine rings is 1. The van der Waals surface area contributed by atoms with Gasteiger partial charge in [0.2, 0.25) is 0 Å². The molecule has 15 heteroatoms. The molecule has 1 heterocycles. The number of alkyl halides is 3. The lowest BCUT2D eigenvalue weighted by molar-refractivity contribution is -0.137. The van der Waals surface area contributed by atoms with Crippen molar-refractivity contribution >= 4 is 55.8 Å². The summed E-state index contributed by atoms with van der Waals surface area (Å²) in [6.45, 7) is 0. The Hall–Kier alpha value is -5.18. The average Bonchev–Trinajstić information content (AvgIpc) is 3.01. The van der Waals surface area contributed by atoms with Gasteiger partial charge in [-0.25, -0.2) is 4.79 Å². The first-order valence-corrected chi connectivity index (χ1v) is 14.9. The maximum Gasteiger partial charge on any atom is 0.417 e. The minimum Gasteiger partial charge on any atom is -0.457 e. The zero-order valence-electron chi connectivity index (χ0n) is 23.7. The van der Waals surface area contributed by atoms with Gasteiger partial charge in [0.05, 0.1) is 10.6 Å². The Kier molecular flexibility index (Phi) is 10.5. The molecule has 10 nitrogen and oxygen atoms in total. The third-order valence-electron chi connectivity index (χ3n) is 6.10. The van der Waals surface area contributed by atoms with Gasteiger partial charge in [0.25, 0.3) is 16.0 Å². The topological polar surface area (TPSA) is 147 Å². The number of carbonyl (C=O) groups is 2. The summed E-state index contributed by atoms with van der Waals surface area (Å²) < 4.78 is 75.4. The molecule has 0 unspecified atom stereocenters. The Morgan fingerprint density at radius 1 is 0.848 bits per heavy atom. The van der Waals surface area contributed by atoms with Crippen LogP contribution >= 0.6 is 11.6 Å². The number of halogens is 4. The van der Waals surface area contributed by atoms with Crippen molar-refractivity contribution in [3.8, 4) is 11.5 Å². The average molecular weight is 673 g/mol. The molecule has 0 aliphatic carbocycles. The normalized spacial score (nSPS) is 11.2. The molecule has 0 fully saturated rings. The summed E-state index contributed by atoms with van der Waals surface area (Å²) in [6, 6.07) is 23.4. The Balaban J connectivity index is 0.000000284. The van der Waals surface area contributed by atoms with E-state index in [1.165, 1.54) is 31.4 Å². The van der Waals surface area contributed by atoms with Gasteiger partial charge in [-0.05, 0) is 60.0 Å². The fourth-order valence-electron chi connectivity index (χ4n) is 4.00. The monoisotopic (exact) mass is 672 g/mol. The van der Waals surface area contributed by atoms with Gasteiger partial charge in [-0.1, -0.05) is 48.0 Å². The zero-order valence-corrected chi connectivity index (χ0v) is 25.2. The van der Waals surface area contributed by atoms with E-state index < -0.39 is 32.9 Å². The second kappa shape index (κ2) is 14.3. The first-order valence-electron chi connectivity index (χ1n) is 13.1. The Bertz CT molecular complexity index is 1990. The van der Waals surface area contributed by atoms with E-state index in [9.17, 15) is 31.2 Å². The van der Waals surface area contributed by atoms with Crippen LogP contribution in [0.5, 0.6) is 11.5 Å². The molecular formula is C31H24ClF3N4O6S. The highest BCUT2D eigenvalue weighted by Gasteiger charge is 2.33. The molecule has 4 aromatic carbocycles. The van der Waals surface area contributed by atoms with Crippen molar-refractivity contribution in [3.63, 3.8) is 0 Å². The Morgan fingerprint density at radius 3 is 2.17 bits per heavy atom. The van der Waals surface area contributed by atoms with Crippen LogP contribution in [0.2, 0.25) is 5.02 Å². The van der Waals surface area contributed by atoms with Gasteiger partial charge in [0.15, 0.2) is 0 Å². The van der Waals surface area contributed by atoms with Crippen molar-refractivity contribution < 1.29 is 40.5 Å². The van der Waals surface area contributed by atoms with Crippen LogP contribution in [0, 0.1) is 0 Å². The fourth-order valence-corrected chi connectivity index (χ4v) is 4.94. The van der Waals surface area contributed by atoms with E-state index in [0.29, 0.717) is 22.6 Å². The van der Waals surface area contributed by atoms with Crippen molar-refractivity contribution in [2.45, 2.75) is 11.1 Å². The smallest absolute Gasteiger partial charge is 0.417 e. The van der Waals surface area contributed by atoms with Crippen molar-refractivity contribution in [2.24, 2.45) is 0 Å². The maximum atomic E-state index is 12.9. The third kappa shape index (κ3) is 8.94. The molecule has 0 aliphatic rings. The summed E-state index contributed by atoms with van der Waals surface area (Å²) in [6.07, 6.45) is -3.21. The molecule has 1 aromatic heterocycles. The number of urea groups is 1. The number of carbonyl (C=O) groups excluding carboxylic acids is 2. The van der Waals surface area contributed by atoms with E-state index in [2.05, 4.69) is 20.9 Å². The first kappa shape index (κ1) is 33.7. The largest absolute Gasteiger partial charge is 0.457 e. The Morgan fingerprint density at radius 2 is 1.50 bits per heavy atom. The molecule has 0 aliphatic heterocycles. The SMILES string of the molecule is CNC(=O)c1cc(Oc2ccc(NC(=O)Nc3ccc(Cl)c(C(F)(F)F)c3)cc2)ccn1.O=S(=O)(O)c1cccc2ccccc12. The molecular weight excluding hydrogens is 649 g/mol. The molecule has 238 valence electrons. The third-order valence-corrected chi connectivity index (χ3v) is 7.34. The quantitative estimate of drug-likeness (QED) is 0.136. The van der Waals surface area contributed by atoms with Gasteiger partial charge in [-0.3, -0.25) is 14.3 Å². The predicted molar refractivity (Wildman–Crippen MR) is 167 cm³/mol. The molecule has 0 saturated carbocycles. The zero-order chi connectivity index (χ0) is 33.5. The number of rotatable bonds is 6. The van der Waals surface area contributed by atoms with Crippen LogP contribution in [0.4, 0.5) is 29.3 Å². The van der Waals surface area contributed by atoms with Crippen LogP contribution in [0.15, 0.2) is 108 Å². The summed E-state index contributed by atoms with van der Waals surface area (Å²) in [4.78, 5) is 27.7. The number of hydrogen-bond acceptors (Lipinski definition) is 6. The summed E-state index contributed by atoms with van der Waals surface area (Å²) in [5, 5.41) is 8.16. The highest BCUT2D eigenvalue weighted by molar-refractivity contribution is 7.86. The van der Waals surface area contributed by atoms with E-state index in [1.807, 2.05) is 6.07 Å². The maximum absolute atomic E-state index is 12.9. The molecule has 46 heavy (non-hydrogen) atoms. The summed E-state index contributed by atoms with van der Waals surface area (Å²) in [7, 11) is -2.64. The van der Waals surface area contributed by atoms with Crippen molar-refractivity contribution in [2.75, 3.05) is 17.7 Å². The minimum absolute atomic E-state index is 0.0457. The number of amides is 3. The second-order valence-corrected chi connectivity index (χ2v) is 11.1. The van der Waals surface area contributed by atoms with Gasteiger partial charge in [-0.15, -0.1) is 0 Å². The lowest BCUT2D eigenvalue weighted by Crippen LogP contribution is -2.19. The first-order chi connectivity index (χ1) is 21.7. The van der Waals surface area contributed by atoms with E-state index in [-0.39, 0.29) is 22.2 Å². The summed E-state index contributed by atoms with van der Waals surface area (Å²) in [5.74, 6) is 0.460. The number of anilines is 2. The van der Waals surface area contributed by atoms with Crippen LogP contribution in [-0.4, -0.2) is 36.9 Å². The molecule has 5 aromatic rings. The molecule has 0 bridgehead atoms. The molecule has 0 saturated heterocycles. The van der Waals surface area contributed by atoms with E-state index >= 15 is 0 Å². The fraction of sp³-hybridized carbons (Fsp3) is 0.0645. The molecule has 5 rings (SSSR count). The van der Waals surface area contributed by atoms with Gasteiger partial charge >= 0.3 is 12.2 Å². The highest BCUT2D eigenvalue weighted by atomic mass is 35.5. The van der Waals surface area contributed by atoms with Gasteiger partial charge < -0.3 is 20.7 Å². The van der Waals surface area contributed by atoms with Crippen molar-refractivity contribution in [3.05, 3.63) is 120 Å². The predicted octanol–water partition coefficient (Wildman–Crippen LogP) is 7.64. The summed E-state index contributed by atoms with van der Waals surface area (Å²) >= 11 is 5.57. The van der Waals surface area contributed by atoms with Crippen molar-refractivity contribution in [1.29, 1.82) is 0 Å². The van der Waals surface area contributed by atoms with Crippen molar-refractivity contribution in [1.82, 2.24) is 10.3 Å². The van der Waals surface area contributed by atoms with Gasteiger partial charge in [0, 0.05) is 36.1 Å². The lowest BCUT2D eigenvalue weighted by Gasteiger charge is -2.12. The molecule has 0 atom stereocenters. The van der Waals surface area contributed by atoms with Crippen LogP contribution in [0.3, 0.4) is 0 Å². The van der Waals surface area contributed by atoms with Crippen LogP contribution in [-0.2, 0) is 16.3 Å². The number of benzene rings is 4.